The van der Waals surface area contributed by atoms with E-state index in [4.69, 9.17) is 21.4 Å². The van der Waals surface area contributed by atoms with Gasteiger partial charge in [0.2, 0.25) is 0 Å². The van der Waals surface area contributed by atoms with Gasteiger partial charge in [0.05, 0.1) is 13.1 Å². The zero-order chi connectivity index (χ0) is 14.9. The van der Waals surface area contributed by atoms with Crippen LogP contribution in [0, 0.1) is 6.92 Å². The minimum Gasteiger partial charge on any atom is -0.480 e. The molecular formula is C14H16ClNO4. The van der Waals surface area contributed by atoms with Crippen LogP contribution in [0.1, 0.15) is 22.8 Å². The molecule has 0 atom stereocenters. The molecule has 0 bridgehead atoms. The lowest BCUT2D eigenvalue weighted by Crippen LogP contribution is -2.63. The molecular weight excluding hydrogens is 282 g/mol. The molecule has 0 aliphatic carbocycles. The van der Waals surface area contributed by atoms with Crippen molar-refractivity contribution >= 4 is 23.5 Å². The summed E-state index contributed by atoms with van der Waals surface area (Å²) in [5, 5.41) is 9.19. The number of carbonyl (C=O) groups excluding carboxylic acids is 1. The van der Waals surface area contributed by atoms with Gasteiger partial charge in [-0.15, -0.1) is 0 Å². The summed E-state index contributed by atoms with van der Waals surface area (Å²) in [5.74, 6) is -1.10. The summed E-state index contributed by atoms with van der Waals surface area (Å²) in [4.78, 5) is 24.4. The number of aliphatic carboxylic acids is 1. The van der Waals surface area contributed by atoms with Gasteiger partial charge in [0.15, 0.2) is 0 Å². The first-order valence-corrected chi connectivity index (χ1v) is 6.60. The molecule has 1 aromatic rings. The summed E-state index contributed by atoms with van der Waals surface area (Å²) in [6, 6.07) is 5.13. The Bertz CT molecular complexity index is 552. The molecule has 0 unspecified atom stereocenters. The monoisotopic (exact) mass is 297 g/mol. The predicted molar refractivity (Wildman–Crippen MR) is 74.1 cm³/mol. The lowest BCUT2D eigenvalue weighted by molar-refractivity contribution is -0.159. The van der Waals surface area contributed by atoms with E-state index in [-0.39, 0.29) is 12.5 Å². The summed E-state index contributed by atoms with van der Waals surface area (Å²) in [6.45, 7) is 4.06. The van der Waals surface area contributed by atoms with Crippen LogP contribution >= 0.6 is 11.6 Å². The number of carbonyl (C=O) groups is 2. The minimum absolute atomic E-state index is 0.0874. The zero-order valence-electron chi connectivity index (χ0n) is 11.4. The van der Waals surface area contributed by atoms with Gasteiger partial charge in [0.1, 0.15) is 12.2 Å². The van der Waals surface area contributed by atoms with Crippen molar-refractivity contribution in [3.8, 4) is 0 Å². The van der Waals surface area contributed by atoms with Gasteiger partial charge < -0.3 is 14.7 Å². The summed E-state index contributed by atoms with van der Waals surface area (Å²) < 4.78 is 5.28. The third-order valence-corrected chi connectivity index (χ3v) is 3.54. The standard InChI is InChI=1S/C14H16ClNO4/c1-9-5-10(15)3-4-11(9)13(19)16-7-14(2,8-16)20-6-12(17)18/h3-5H,6-8H2,1-2H3,(H,17,18). The van der Waals surface area contributed by atoms with Gasteiger partial charge in [-0.3, -0.25) is 4.79 Å². The molecule has 1 heterocycles. The average Bonchev–Trinajstić information content (AvgIpc) is 2.32. The smallest absolute Gasteiger partial charge is 0.329 e. The Morgan fingerprint density at radius 1 is 1.45 bits per heavy atom. The van der Waals surface area contributed by atoms with Gasteiger partial charge in [0.25, 0.3) is 5.91 Å². The fourth-order valence-corrected chi connectivity index (χ4v) is 2.50. The second-order valence-corrected chi connectivity index (χ2v) is 5.69. The number of benzene rings is 1. The van der Waals surface area contributed by atoms with E-state index in [1.165, 1.54) is 0 Å². The van der Waals surface area contributed by atoms with Crippen LogP contribution in [0.5, 0.6) is 0 Å². The number of nitrogens with zero attached hydrogens (tertiary/aromatic N) is 1. The second-order valence-electron chi connectivity index (χ2n) is 5.25. The highest BCUT2D eigenvalue weighted by Crippen LogP contribution is 2.27. The Labute approximate surface area is 122 Å². The van der Waals surface area contributed by atoms with Crippen molar-refractivity contribution in [1.29, 1.82) is 0 Å². The highest BCUT2D eigenvalue weighted by molar-refractivity contribution is 6.30. The maximum atomic E-state index is 12.3. The van der Waals surface area contributed by atoms with Gasteiger partial charge >= 0.3 is 5.97 Å². The fraction of sp³-hybridized carbons (Fsp3) is 0.429. The molecule has 1 N–H and O–H groups in total. The van der Waals surface area contributed by atoms with Gasteiger partial charge in [0, 0.05) is 10.6 Å². The first-order chi connectivity index (χ1) is 9.31. The number of hydrogen-bond donors (Lipinski definition) is 1. The Hall–Kier alpha value is -1.59. The number of amides is 1. The molecule has 0 radical (unpaired) electrons. The largest absolute Gasteiger partial charge is 0.480 e. The maximum absolute atomic E-state index is 12.3. The van der Waals surface area contributed by atoms with Crippen molar-refractivity contribution in [2.24, 2.45) is 0 Å². The Morgan fingerprint density at radius 2 is 2.10 bits per heavy atom. The molecule has 1 aromatic carbocycles. The lowest BCUT2D eigenvalue weighted by atomic mass is 9.94. The molecule has 0 saturated carbocycles. The van der Waals surface area contributed by atoms with Crippen LogP contribution in [0.2, 0.25) is 5.02 Å². The number of halogens is 1. The van der Waals surface area contributed by atoms with Crippen molar-refractivity contribution < 1.29 is 19.4 Å². The number of rotatable bonds is 4. The molecule has 108 valence electrons. The van der Waals surface area contributed by atoms with E-state index in [1.54, 1.807) is 30.0 Å². The number of carboxylic acids is 1. The highest BCUT2D eigenvalue weighted by atomic mass is 35.5. The molecule has 1 amide bonds. The van der Waals surface area contributed by atoms with Crippen molar-refractivity contribution in [2.75, 3.05) is 19.7 Å². The van der Waals surface area contributed by atoms with Gasteiger partial charge in [-0.1, -0.05) is 11.6 Å². The van der Waals surface area contributed by atoms with Crippen molar-refractivity contribution in [2.45, 2.75) is 19.4 Å². The summed E-state index contributed by atoms with van der Waals surface area (Å²) in [7, 11) is 0. The molecule has 0 spiro atoms. The topological polar surface area (TPSA) is 66.8 Å². The van der Waals surface area contributed by atoms with Crippen LogP contribution in [0.25, 0.3) is 0 Å². The molecule has 1 saturated heterocycles. The van der Waals surface area contributed by atoms with Crippen LogP contribution in [0.15, 0.2) is 18.2 Å². The Morgan fingerprint density at radius 3 is 2.65 bits per heavy atom. The zero-order valence-corrected chi connectivity index (χ0v) is 12.1. The highest BCUT2D eigenvalue weighted by Gasteiger charge is 2.43. The Balaban J connectivity index is 1.98. The van der Waals surface area contributed by atoms with Crippen molar-refractivity contribution in [3.05, 3.63) is 34.3 Å². The summed E-state index contributed by atoms with van der Waals surface area (Å²) >= 11 is 5.86. The van der Waals surface area contributed by atoms with E-state index in [0.717, 1.165) is 5.56 Å². The number of likely N-dealkylation sites (tertiary alicyclic amines) is 1. The normalized spacial score (nSPS) is 16.6. The van der Waals surface area contributed by atoms with E-state index >= 15 is 0 Å². The van der Waals surface area contributed by atoms with Crippen LogP contribution in [-0.4, -0.2) is 47.2 Å². The van der Waals surface area contributed by atoms with E-state index in [1.807, 2.05) is 6.92 Å². The number of aryl methyl sites for hydroxylation is 1. The van der Waals surface area contributed by atoms with Crippen LogP contribution in [-0.2, 0) is 9.53 Å². The third kappa shape index (κ3) is 3.11. The lowest BCUT2D eigenvalue weighted by Gasteiger charge is -2.47. The van der Waals surface area contributed by atoms with Crippen LogP contribution in [0.3, 0.4) is 0 Å². The molecule has 20 heavy (non-hydrogen) atoms. The van der Waals surface area contributed by atoms with E-state index < -0.39 is 11.6 Å². The number of hydrogen-bond acceptors (Lipinski definition) is 3. The van der Waals surface area contributed by atoms with Gasteiger partial charge in [-0.05, 0) is 37.6 Å². The molecule has 6 heteroatoms. The SMILES string of the molecule is Cc1cc(Cl)ccc1C(=O)N1CC(C)(OCC(=O)O)C1. The number of ether oxygens (including phenoxy) is 1. The Kier molecular flexibility index (Phi) is 4.01. The summed E-state index contributed by atoms with van der Waals surface area (Å²) in [6.07, 6.45) is 0. The minimum atomic E-state index is -1.01. The molecule has 5 nitrogen and oxygen atoms in total. The quantitative estimate of drug-likeness (QED) is 0.922. The fourth-order valence-electron chi connectivity index (χ4n) is 2.27. The van der Waals surface area contributed by atoms with Crippen LogP contribution in [0.4, 0.5) is 0 Å². The van der Waals surface area contributed by atoms with Crippen molar-refractivity contribution in [3.63, 3.8) is 0 Å². The van der Waals surface area contributed by atoms with Gasteiger partial charge in [-0.25, -0.2) is 4.79 Å². The molecule has 1 aliphatic rings. The molecule has 1 aliphatic heterocycles. The first-order valence-electron chi connectivity index (χ1n) is 6.22. The van der Waals surface area contributed by atoms with Crippen molar-refractivity contribution in [1.82, 2.24) is 4.90 Å². The second kappa shape index (κ2) is 5.42. The molecule has 1 fully saturated rings. The average molecular weight is 298 g/mol. The summed E-state index contributed by atoms with van der Waals surface area (Å²) in [5.41, 5.74) is 0.853. The van der Waals surface area contributed by atoms with Gasteiger partial charge in [-0.2, -0.15) is 0 Å². The van der Waals surface area contributed by atoms with E-state index in [2.05, 4.69) is 0 Å². The van der Waals surface area contributed by atoms with E-state index in [9.17, 15) is 9.59 Å². The van der Waals surface area contributed by atoms with Crippen LogP contribution < -0.4 is 0 Å². The first kappa shape index (κ1) is 14.8. The molecule has 2 rings (SSSR count). The third-order valence-electron chi connectivity index (χ3n) is 3.30. The van der Waals surface area contributed by atoms with E-state index in [0.29, 0.717) is 23.7 Å². The number of carboxylic acid groups (broad SMARTS) is 1. The molecule has 0 aromatic heterocycles. The maximum Gasteiger partial charge on any atom is 0.329 e. The predicted octanol–water partition coefficient (Wildman–Crippen LogP) is 1.96.